The Morgan fingerprint density at radius 1 is 1.26 bits per heavy atom. The smallest absolute Gasteiger partial charge is 0.150 e. The molecule has 0 bridgehead atoms. The van der Waals surface area contributed by atoms with Crippen molar-refractivity contribution in [3.05, 3.63) is 47.5 Å². The van der Waals surface area contributed by atoms with E-state index in [1.54, 1.807) is 13.4 Å². The lowest BCUT2D eigenvalue weighted by molar-refractivity contribution is 0.108. The number of likely N-dealkylation sites (tertiary alicyclic amines) is 1. The number of ether oxygens (including phenoxy) is 1. The molecule has 0 unspecified atom stereocenters. The van der Waals surface area contributed by atoms with E-state index >= 15 is 0 Å². The van der Waals surface area contributed by atoms with Crippen molar-refractivity contribution in [2.75, 3.05) is 20.2 Å². The zero-order chi connectivity index (χ0) is 16.2. The number of benzene rings is 1. The molecular weight excluding hydrogens is 288 g/mol. The zero-order valence-electron chi connectivity index (χ0n) is 14.3. The third-order valence-corrected chi connectivity index (χ3v) is 4.91. The minimum absolute atomic E-state index is 0.276. The largest absolute Gasteiger partial charge is 0.380 e. The van der Waals surface area contributed by atoms with Crippen molar-refractivity contribution < 1.29 is 4.74 Å². The van der Waals surface area contributed by atoms with Crippen molar-refractivity contribution in [1.29, 1.82) is 0 Å². The van der Waals surface area contributed by atoms with Crippen LogP contribution < -0.4 is 0 Å². The quantitative estimate of drug-likeness (QED) is 0.821. The SMILES string of the molecule is CCc1ccccc1CCN1C[C@H](OC)C[C@H]1c1nncn1C. The fraction of sp³-hybridized carbons (Fsp3) is 0.556. The number of hydrogen-bond donors (Lipinski definition) is 0. The standard InChI is InChI=1S/C18H26N4O/c1-4-14-7-5-6-8-15(14)9-10-22-12-16(23-3)11-17(22)18-20-19-13-21(18)2/h5-8,13,16-17H,4,9-12H2,1-3H3/t16-,17+/m1/s1. The number of aromatic nitrogens is 3. The van der Waals surface area contributed by atoms with Crippen LogP contribution in [-0.2, 0) is 24.6 Å². The molecule has 1 aliphatic rings. The lowest BCUT2D eigenvalue weighted by Gasteiger charge is -2.23. The van der Waals surface area contributed by atoms with Gasteiger partial charge in [-0.05, 0) is 30.4 Å². The van der Waals surface area contributed by atoms with Crippen LogP contribution in [0.3, 0.4) is 0 Å². The second-order valence-electron chi connectivity index (χ2n) is 6.28. The van der Waals surface area contributed by atoms with Crippen molar-refractivity contribution >= 4 is 0 Å². The molecule has 0 amide bonds. The summed E-state index contributed by atoms with van der Waals surface area (Å²) in [5.41, 5.74) is 2.90. The van der Waals surface area contributed by atoms with E-state index in [2.05, 4.69) is 46.3 Å². The van der Waals surface area contributed by atoms with Crippen LogP contribution in [-0.4, -0.2) is 46.0 Å². The lowest BCUT2D eigenvalue weighted by atomic mass is 10.0. The summed E-state index contributed by atoms with van der Waals surface area (Å²) < 4.78 is 7.63. The van der Waals surface area contributed by atoms with Crippen molar-refractivity contribution in [2.45, 2.75) is 38.3 Å². The van der Waals surface area contributed by atoms with Gasteiger partial charge in [-0.25, -0.2) is 0 Å². The van der Waals surface area contributed by atoms with Gasteiger partial charge in [0.1, 0.15) is 12.2 Å². The lowest BCUT2D eigenvalue weighted by Crippen LogP contribution is -2.29. The van der Waals surface area contributed by atoms with Crippen molar-refractivity contribution in [1.82, 2.24) is 19.7 Å². The Hall–Kier alpha value is -1.72. The molecule has 1 fully saturated rings. The van der Waals surface area contributed by atoms with Crippen LogP contribution in [0.4, 0.5) is 0 Å². The minimum atomic E-state index is 0.276. The monoisotopic (exact) mass is 314 g/mol. The molecule has 3 rings (SSSR count). The molecular formula is C18H26N4O. The predicted molar refractivity (Wildman–Crippen MR) is 90.3 cm³/mol. The maximum absolute atomic E-state index is 5.61. The molecule has 1 aromatic carbocycles. The first kappa shape index (κ1) is 16.1. The first-order valence-electron chi connectivity index (χ1n) is 8.40. The fourth-order valence-electron chi connectivity index (χ4n) is 3.55. The van der Waals surface area contributed by atoms with E-state index in [4.69, 9.17) is 4.74 Å². The second-order valence-corrected chi connectivity index (χ2v) is 6.28. The van der Waals surface area contributed by atoms with Crippen LogP contribution in [0.5, 0.6) is 0 Å². The molecule has 0 radical (unpaired) electrons. The van der Waals surface area contributed by atoms with Gasteiger partial charge >= 0.3 is 0 Å². The topological polar surface area (TPSA) is 43.2 Å². The Labute approximate surface area is 138 Å². The Morgan fingerprint density at radius 3 is 2.70 bits per heavy atom. The molecule has 2 atom stereocenters. The third kappa shape index (κ3) is 3.46. The van der Waals surface area contributed by atoms with Crippen molar-refractivity contribution in [3.8, 4) is 0 Å². The Morgan fingerprint density at radius 2 is 2.04 bits per heavy atom. The zero-order valence-corrected chi connectivity index (χ0v) is 14.3. The number of aryl methyl sites for hydroxylation is 2. The summed E-state index contributed by atoms with van der Waals surface area (Å²) >= 11 is 0. The summed E-state index contributed by atoms with van der Waals surface area (Å²) in [6.07, 6.45) is 5.19. The van der Waals surface area contributed by atoms with Gasteiger partial charge in [0.05, 0.1) is 12.1 Å². The molecule has 1 aliphatic heterocycles. The first-order valence-corrected chi connectivity index (χ1v) is 8.40. The molecule has 124 valence electrons. The third-order valence-electron chi connectivity index (χ3n) is 4.91. The maximum Gasteiger partial charge on any atom is 0.150 e. The number of hydrogen-bond acceptors (Lipinski definition) is 4. The molecule has 0 aliphatic carbocycles. The number of methoxy groups -OCH3 is 1. The van der Waals surface area contributed by atoms with Crippen molar-refractivity contribution in [2.24, 2.45) is 7.05 Å². The molecule has 5 heteroatoms. The molecule has 5 nitrogen and oxygen atoms in total. The van der Waals surface area contributed by atoms with Gasteiger partial charge in [0, 0.05) is 27.2 Å². The summed E-state index contributed by atoms with van der Waals surface area (Å²) in [5, 5.41) is 8.36. The van der Waals surface area contributed by atoms with Crippen LogP contribution in [0.2, 0.25) is 0 Å². The predicted octanol–water partition coefficient (Wildman–Crippen LogP) is 2.38. The molecule has 0 N–H and O–H groups in total. The molecule has 1 saturated heterocycles. The molecule has 1 aromatic heterocycles. The molecule has 2 heterocycles. The van der Waals surface area contributed by atoms with E-state index in [0.29, 0.717) is 6.04 Å². The summed E-state index contributed by atoms with van der Waals surface area (Å²) in [7, 11) is 3.81. The fourth-order valence-corrected chi connectivity index (χ4v) is 3.55. The average Bonchev–Trinajstić information content (AvgIpc) is 3.18. The van der Waals surface area contributed by atoms with Crippen LogP contribution in [0, 0.1) is 0 Å². The van der Waals surface area contributed by atoms with Gasteiger partial charge in [-0.15, -0.1) is 10.2 Å². The molecule has 0 saturated carbocycles. The Bertz CT molecular complexity index is 639. The summed E-state index contributed by atoms with van der Waals surface area (Å²) in [6, 6.07) is 9.04. The highest BCUT2D eigenvalue weighted by Crippen LogP contribution is 2.32. The Kier molecular flexibility index (Phi) is 5.08. The average molecular weight is 314 g/mol. The van der Waals surface area contributed by atoms with Gasteiger partial charge in [-0.3, -0.25) is 4.90 Å². The second kappa shape index (κ2) is 7.23. The van der Waals surface area contributed by atoms with Gasteiger partial charge < -0.3 is 9.30 Å². The van der Waals surface area contributed by atoms with Gasteiger partial charge in [0.25, 0.3) is 0 Å². The van der Waals surface area contributed by atoms with E-state index in [-0.39, 0.29) is 6.10 Å². The van der Waals surface area contributed by atoms with E-state index in [0.717, 1.165) is 38.2 Å². The van der Waals surface area contributed by atoms with E-state index < -0.39 is 0 Å². The molecule has 23 heavy (non-hydrogen) atoms. The highest BCUT2D eigenvalue weighted by Gasteiger charge is 2.35. The van der Waals surface area contributed by atoms with Crippen LogP contribution in [0.25, 0.3) is 0 Å². The summed E-state index contributed by atoms with van der Waals surface area (Å²) in [4.78, 5) is 2.49. The Balaban J connectivity index is 1.73. The van der Waals surface area contributed by atoms with E-state index in [1.807, 2.05) is 11.6 Å². The van der Waals surface area contributed by atoms with Gasteiger partial charge in [0.15, 0.2) is 0 Å². The highest BCUT2D eigenvalue weighted by molar-refractivity contribution is 5.27. The van der Waals surface area contributed by atoms with E-state index in [9.17, 15) is 0 Å². The van der Waals surface area contributed by atoms with Crippen LogP contribution in [0.1, 0.15) is 36.3 Å². The highest BCUT2D eigenvalue weighted by atomic mass is 16.5. The van der Waals surface area contributed by atoms with Crippen molar-refractivity contribution in [3.63, 3.8) is 0 Å². The van der Waals surface area contributed by atoms with Crippen LogP contribution >= 0.6 is 0 Å². The van der Waals surface area contributed by atoms with Gasteiger partial charge in [0.2, 0.25) is 0 Å². The normalized spacial score (nSPS) is 21.9. The summed E-state index contributed by atoms with van der Waals surface area (Å²) in [6.45, 7) is 4.20. The van der Waals surface area contributed by atoms with Gasteiger partial charge in [-0.1, -0.05) is 31.2 Å². The van der Waals surface area contributed by atoms with Gasteiger partial charge in [-0.2, -0.15) is 0 Å². The summed E-state index contributed by atoms with van der Waals surface area (Å²) in [5.74, 6) is 1.04. The molecule has 0 spiro atoms. The van der Waals surface area contributed by atoms with E-state index in [1.165, 1.54) is 11.1 Å². The minimum Gasteiger partial charge on any atom is -0.380 e. The maximum atomic E-state index is 5.61. The van der Waals surface area contributed by atoms with Crippen LogP contribution in [0.15, 0.2) is 30.6 Å². The first-order chi connectivity index (χ1) is 11.2. The number of nitrogens with zero attached hydrogens (tertiary/aromatic N) is 4. The number of rotatable bonds is 6. The molecule has 2 aromatic rings.